The van der Waals surface area contributed by atoms with Gasteiger partial charge >= 0.3 is 0 Å². The summed E-state index contributed by atoms with van der Waals surface area (Å²) < 4.78 is 33.0. The smallest absolute Gasteiger partial charge is 0.291 e. The summed E-state index contributed by atoms with van der Waals surface area (Å²) in [5, 5.41) is 7.67. The Kier molecular flexibility index (Phi) is 4.25. The van der Waals surface area contributed by atoms with Crippen LogP contribution in [0.1, 0.15) is 21.9 Å². The van der Waals surface area contributed by atoms with Crippen molar-refractivity contribution in [1.29, 1.82) is 0 Å². The molecular formula is C14H16N2O5S. The van der Waals surface area contributed by atoms with E-state index in [-0.39, 0.29) is 16.4 Å². The molecule has 0 aliphatic rings. The van der Waals surface area contributed by atoms with Gasteiger partial charge in [0.15, 0.2) is 5.76 Å². The maximum absolute atomic E-state index is 12.2. The molecule has 0 aliphatic carbocycles. The van der Waals surface area contributed by atoms with Gasteiger partial charge in [-0.25, -0.2) is 13.6 Å². The number of nitrogens with one attached hydrogen (secondary N) is 1. The first-order valence-corrected chi connectivity index (χ1v) is 7.86. The Morgan fingerprint density at radius 2 is 1.95 bits per heavy atom. The summed E-state index contributed by atoms with van der Waals surface area (Å²) in [4.78, 5) is 12.0. The number of hydrogen-bond donors (Lipinski definition) is 2. The predicted molar refractivity (Wildman–Crippen MR) is 80.5 cm³/mol. The van der Waals surface area contributed by atoms with E-state index >= 15 is 0 Å². The lowest BCUT2D eigenvalue weighted by atomic mass is 10.2. The second-order valence-corrected chi connectivity index (χ2v) is 6.26. The number of rotatable bonds is 4. The highest BCUT2D eigenvalue weighted by molar-refractivity contribution is 7.89. The lowest BCUT2D eigenvalue weighted by Crippen LogP contribution is -2.13. The summed E-state index contributed by atoms with van der Waals surface area (Å²) in [6, 6.07) is 6.38. The molecule has 0 unspecified atom stereocenters. The summed E-state index contributed by atoms with van der Waals surface area (Å²) in [6.07, 6.45) is 0. The van der Waals surface area contributed by atoms with Crippen LogP contribution in [0.25, 0.3) is 0 Å². The van der Waals surface area contributed by atoms with Crippen molar-refractivity contribution in [3.8, 4) is 5.75 Å². The lowest BCUT2D eigenvalue weighted by Gasteiger charge is -2.09. The number of carbonyl (C=O) groups excluding carboxylic acids is 1. The zero-order valence-electron chi connectivity index (χ0n) is 12.3. The van der Waals surface area contributed by atoms with Crippen LogP contribution >= 0.6 is 0 Å². The monoisotopic (exact) mass is 324 g/mol. The molecule has 0 saturated carbocycles. The number of nitrogens with two attached hydrogens (primary N) is 1. The summed E-state index contributed by atoms with van der Waals surface area (Å²) >= 11 is 0. The Bertz CT molecular complexity index is 824. The fraction of sp³-hybridized carbons (Fsp3) is 0.214. The molecule has 0 bridgehead atoms. The summed E-state index contributed by atoms with van der Waals surface area (Å²) in [5.41, 5.74) is 1.38. The molecule has 8 heteroatoms. The zero-order valence-corrected chi connectivity index (χ0v) is 13.2. The van der Waals surface area contributed by atoms with E-state index in [0.29, 0.717) is 11.4 Å². The van der Waals surface area contributed by atoms with Crippen molar-refractivity contribution < 1.29 is 22.4 Å². The molecular weight excluding hydrogens is 308 g/mol. The van der Waals surface area contributed by atoms with E-state index in [1.165, 1.54) is 14.0 Å². The lowest BCUT2D eigenvalue weighted by molar-refractivity contribution is 0.0995. The molecule has 0 radical (unpaired) electrons. The molecule has 1 heterocycles. The second kappa shape index (κ2) is 5.82. The first-order valence-electron chi connectivity index (χ1n) is 6.31. The minimum absolute atomic E-state index is 0.0591. The minimum Gasteiger partial charge on any atom is -0.495 e. The van der Waals surface area contributed by atoms with Gasteiger partial charge in [-0.1, -0.05) is 6.07 Å². The molecule has 0 saturated heterocycles. The second-order valence-electron chi connectivity index (χ2n) is 4.73. The number of furan rings is 1. The van der Waals surface area contributed by atoms with Crippen LogP contribution in [0.2, 0.25) is 0 Å². The van der Waals surface area contributed by atoms with Crippen LogP contribution in [0, 0.1) is 13.8 Å². The number of benzene rings is 1. The first kappa shape index (κ1) is 16.1. The molecule has 0 spiro atoms. The number of amides is 1. The number of aryl methyl sites for hydroxylation is 2. The third-order valence-corrected chi connectivity index (χ3v) is 4.02. The molecule has 0 atom stereocenters. The Hall–Kier alpha value is -2.32. The molecule has 1 aromatic carbocycles. The molecule has 3 N–H and O–H groups in total. The Morgan fingerprint density at radius 1 is 1.27 bits per heavy atom. The topological polar surface area (TPSA) is 112 Å². The summed E-state index contributed by atoms with van der Waals surface area (Å²) in [6.45, 7) is 3.29. The van der Waals surface area contributed by atoms with Crippen LogP contribution in [-0.4, -0.2) is 21.4 Å². The average molecular weight is 324 g/mol. The van der Waals surface area contributed by atoms with E-state index in [1.807, 2.05) is 13.0 Å². The molecule has 7 nitrogen and oxygen atoms in total. The SMILES string of the molecule is COc1ccc(C)cc1NC(=O)c1cc(S(N)(=O)=O)c(C)o1. The third-order valence-electron chi connectivity index (χ3n) is 3.01. The highest BCUT2D eigenvalue weighted by Gasteiger charge is 2.21. The Morgan fingerprint density at radius 3 is 2.50 bits per heavy atom. The van der Waals surface area contributed by atoms with E-state index < -0.39 is 15.9 Å². The van der Waals surface area contributed by atoms with E-state index in [9.17, 15) is 13.2 Å². The molecule has 22 heavy (non-hydrogen) atoms. The summed E-state index contributed by atoms with van der Waals surface area (Å²) in [7, 11) is -2.45. The van der Waals surface area contributed by atoms with Gasteiger partial charge < -0.3 is 14.5 Å². The predicted octanol–water partition coefficient (Wildman–Crippen LogP) is 1.80. The van der Waals surface area contributed by atoms with E-state index in [4.69, 9.17) is 14.3 Å². The van der Waals surface area contributed by atoms with Crippen molar-refractivity contribution in [3.05, 3.63) is 41.3 Å². The van der Waals surface area contributed by atoms with Crippen LogP contribution in [0.5, 0.6) is 5.75 Å². The van der Waals surface area contributed by atoms with Crippen molar-refractivity contribution in [1.82, 2.24) is 0 Å². The Labute approximate surface area is 128 Å². The van der Waals surface area contributed by atoms with Gasteiger partial charge in [-0.15, -0.1) is 0 Å². The van der Waals surface area contributed by atoms with E-state index in [1.54, 1.807) is 12.1 Å². The molecule has 0 fully saturated rings. The largest absolute Gasteiger partial charge is 0.495 e. The molecule has 0 aliphatic heterocycles. The van der Waals surface area contributed by atoms with Gasteiger partial charge in [0.2, 0.25) is 10.0 Å². The fourth-order valence-electron chi connectivity index (χ4n) is 1.96. The number of methoxy groups -OCH3 is 1. The zero-order chi connectivity index (χ0) is 16.5. The molecule has 118 valence electrons. The maximum atomic E-state index is 12.2. The highest BCUT2D eigenvalue weighted by atomic mass is 32.2. The van der Waals surface area contributed by atoms with Gasteiger partial charge in [-0.2, -0.15) is 0 Å². The van der Waals surface area contributed by atoms with Crippen LogP contribution in [0.15, 0.2) is 33.6 Å². The first-order chi connectivity index (χ1) is 10.2. The Balaban J connectivity index is 2.33. The highest BCUT2D eigenvalue weighted by Crippen LogP contribution is 2.26. The number of carbonyl (C=O) groups is 1. The fourth-order valence-corrected chi connectivity index (χ4v) is 2.68. The number of hydrogen-bond acceptors (Lipinski definition) is 5. The van der Waals surface area contributed by atoms with Crippen molar-refractivity contribution in [3.63, 3.8) is 0 Å². The number of primary sulfonamides is 1. The van der Waals surface area contributed by atoms with Gasteiger partial charge in [-0.3, -0.25) is 4.79 Å². The third kappa shape index (κ3) is 3.29. The van der Waals surface area contributed by atoms with Crippen LogP contribution in [-0.2, 0) is 10.0 Å². The molecule has 1 amide bonds. The summed E-state index contributed by atoms with van der Waals surface area (Å²) in [5.74, 6) is -0.204. The van der Waals surface area contributed by atoms with Crippen molar-refractivity contribution in [2.45, 2.75) is 18.7 Å². The normalized spacial score (nSPS) is 11.3. The quantitative estimate of drug-likeness (QED) is 0.890. The molecule has 1 aromatic heterocycles. The van der Waals surface area contributed by atoms with E-state index in [0.717, 1.165) is 11.6 Å². The number of ether oxygens (including phenoxy) is 1. The minimum atomic E-state index is -3.94. The van der Waals surface area contributed by atoms with Crippen molar-refractivity contribution >= 4 is 21.6 Å². The van der Waals surface area contributed by atoms with Gasteiger partial charge in [0.25, 0.3) is 5.91 Å². The van der Waals surface area contributed by atoms with Crippen LogP contribution in [0.4, 0.5) is 5.69 Å². The van der Waals surface area contributed by atoms with Gasteiger partial charge in [0.1, 0.15) is 16.4 Å². The number of sulfonamides is 1. The standard InChI is InChI=1S/C14H16N2O5S/c1-8-4-5-11(20-3)10(6-8)16-14(17)12-7-13(9(2)21-12)22(15,18)19/h4-7H,1-3H3,(H,16,17)(H2,15,18,19). The van der Waals surface area contributed by atoms with Gasteiger partial charge in [0.05, 0.1) is 12.8 Å². The van der Waals surface area contributed by atoms with Crippen LogP contribution in [0.3, 0.4) is 0 Å². The van der Waals surface area contributed by atoms with Crippen LogP contribution < -0.4 is 15.2 Å². The maximum Gasteiger partial charge on any atom is 0.291 e. The van der Waals surface area contributed by atoms with Crippen molar-refractivity contribution in [2.24, 2.45) is 5.14 Å². The van der Waals surface area contributed by atoms with E-state index in [2.05, 4.69) is 5.32 Å². The van der Waals surface area contributed by atoms with Gasteiger partial charge in [0, 0.05) is 6.07 Å². The van der Waals surface area contributed by atoms with Crippen molar-refractivity contribution in [2.75, 3.05) is 12.4 Å². The average Bonchev–Trinajstić information content (AvgIpc) is 2.81. The van der Waals surface area contributed by atoms with Gasteiger partial charge in [-0.05, 0) is 31.5 Å². The molecule has 2 aromatic rings. The number of anilines is 1. The molecule has 2 rings (SSSR count).